The molecule has 10 heteroatoms. The number of benzene rings is 1. The quantitative estimate of drug-likeness (QED) is 0.503. The summed E-state index contributed by atoms with van der Waals surface area (Å²) in [6.45, 7) is 0.103. The first kappa shape index (κ1) is 21.7. The number of hydrogen-bond acceptors (Lipinski definition) is 8. The van der Waals surface area contributed by atoms with Crippen LogP contribution in [0.25, 0.3) is 22.0 Å². The molecule has 3 aromatic rings. The molecule has 1 saturated heterocycles. The van der Waals surface area contributed by atoms with Crippen LogP contribution >= 0.6 is 0 Å². The third-order valence-corrected chi connectivity index (χ3v) is 6.59. The third kappa shape index (κ3) is 5.80. The number of hydrogen-bond donors (Lipinski definition) is 2. The summed E-state index contributed by atoms with van der Waals surface area (Å²) in [6, 6.07) is 4.50. The maximum atomic E-state index is 15.0. The molecule has 2 aliphatic rings. The summed E-state index contributed by atoms with van der Waals surface area (Å²) in [6.07, 6.45) is 5.21. The number of rotatable bonds is 5. The van der Waals surface area contributed by atoms with Gasteiger partial charge in [-0.25, -0.2) is 14.4 Å². The molecule has 0 radical (unpaired) electrons. The summed E-state index contributed by atoms with van der Waals surface area (Å²) < 4.78 is 50.2. The second kappa shape index (κ2) is 11.4. The van der Waals surface area contributed by atoms with Gasteiger partial charge in [-0.15, -0.1) is 0 Å². The SMILES string of the molecule is [2H]C([2H])([2H])N1CC[C@H]2C[C@H]1C(=O)NCC(F)COc1c(-c3cnc(COCCC)nc3)ccc3ncc(cc13)N2. The lowest BCUT2D eigenvalue weighted by Crippen LogP contribution is -2.53. The molecule has 2 aliphatic heterocycles. The lowest BCUT2D eigenvalue weighted by atomic mass is 9.96. The molecule has 1 unspecified atom stereocenters. The van der Waals surface area contributed by atoms with Crippen molar-refractivity contribution in [2.75, 3.05) is 38.6 Å². The van der Waals surface area contributed by atoms with E-state index in [0.717, 1.165) is 6.42 Å². The van der Waals surface area contributed by atoms with Crippen molar-refractivity contribution < 1.29 is 22.8 Å². The fourth-order valence-electron chi connectivity index (χ4n) is 4.65. The molecule has 3 atom stereocenters. The van der Waals surface area contributed by atoms with Crippen LogP contribution in [0.15, 0.2) is 36.8 Å². The number of aromatic nitrogens is 3. The average molecular weight is 512 g/mol. The Morgan fingerprint density at radius 2 is 2.14 bits per heavy atom. The molecule has 2 aromatic heterocycles. The highest BCUT2D eigenvalue weighted by Gasteiger charge is 2.32. The van der Waals surface area contributed by atoms with Crippen molar-refractivity contribution in [2.45, 2.75) is 51.0 Å². The highest BCUT2D eigenvalue weighted by Crippen LogP contribution is 2.37. The molecule has 1 aromatic carbocycles. The molecule has 0 aliphatic carbocycles. The monoisotopic (exact) mass is 511 g/mol. The van der Waals surface area contributed by atoms with E-state index in [-0.39, 0.29) is 32.2 Å². The van der Waals surface area contributed by atoms with Crippen molar-refractivity contribution in [2.24, 2.45) is 0 Å². The highest BCUT2D eigenvalue weighted by atomic mass is 19.1. The summed E-state index contributed by atoms with van der Waals surface area (Å²) in [7, 11) is 0. The number of piperidine rings is 1. The summed E-state index contributed by atoms with van der Waals surface area (Å²) >= 11 is 0. The third-order valence-electron chi connectivity index (χ3n) is 6.59. The van der Waals surface area contributed by atoms with E-state index in [0.29, 0.717) is 58.9 Å². The Balaban J connectivity index is 1.50. The Morgan fingerprint density at radius 3 is 2.95 bits per heavy atom. The molecule has 4 bridgehead atoms. The molecule has 9 nitrogen and oxygen atoms in total. The summed E-state index contributed by atoms with van der Waals surface area (Å²) in [5.74, 6) is 0.482. The van der Waals surface area contributed by atoms with Gasteiger partial charge in [0.2, 0.25) is 5.91 Å². The van der Waals surface area contributed by atoms with Gasteiger partial charge in [0.1, 0.15) is 19.0 Å². The van der Waals surface area contributed by atoms with Crippen molar-refractivity contribution >= 4 is 22.5 Å². The Hall–Kier alpha value is -3.37. The highest BCUT2D eigenvalue weighted by molar-refractivity contribution is 5.94. The lowest BCUT2D eigenvalue weighted by Gasteiger charge is -2.37. The van der Waals surface area contributed by atoms with Crippen LogP contribution in [0.2, 0.25) is 0 Å². The van der Waals surface area contributed by atoms with Crippen molar-refractivity contribution in [3.63, 3.8) is 0 Å². The molecule has 5 rings (SSSR count). The van der Waals surface area contributed by atoms with E-state index in [9.17, 15) is 4.79 Å². The topological polar surface area (TPSA) is 102 Å². The minimum atomic E-state index is -2.43. The molecular formula is C27H33FN6O3. The van der Waals surface area contributed by atoms with E-state index in [1.54, 1.807) is 18.6 Å². The first-order chi connectivity index (χ1) is 19.2. The smallest absolute Gasteiger partial charge is 0.237 e. The number of anilines is 1. The minimum absolute atomic E-state index is 0.180. The predicted octanol–water partition coefficient (Wildman–Crippen LogP) is 3.34. The van der Waals surface area contributed by atoms with Crippen molar-refractivity contribution in [1.82, 2.24) is 25.2 Å². The van der Waals surface area contributed by atoms with Crippen LogP contribution in [0, 0.1) is 0 Å². The number of amides is 1. The number of ether oxygens (including phenoxy) is 2. The fraction of sp³-hybridized carbons (Fsp3) is 0.481. The van der Waals surface area contributed by atoms with Gasteiger partial charge in [0.25, 0.3) is 0 Å². The van der Waals surface area contributed by atoms with Gasteiger partial charge in [-0.2, -0.15) is 0 Å². The first-order valence-corrected chi connectivity index (χ1v) is 12.6. The summed E-state index contributed by atoms with van der Waals surface area (Å²) in [5, 5.41) is 6.69. The molecule has 196 valence electrons. The van der Waals surface area contributed by atoms with Gasteiger partial charge >= 0.3 is 0 Å². The van der Waals surface area contributed by atoms with Gasteiger partial charge in [-0.05, 0) is 44.4 Å². The van der Waals surface area contributed by atoms with Crippen molar-refractivity contribution in [3.8, 4) is 16.9 Å². The van der Waals surface area contributed by atoms with E-state index in [2.05, 4.69) is 25.6 Å². The van der Waals surface area contributed by atoms with Gasteiger partial charge in [-0.1, -0.05) is 6.92 Å². The van der Waals surface area contributed by atoms with E-state index in [1.165, 1.54) is 4.90 Å². The number of carbonyl (C=O) groups excluding carboxylic acids is 1. The molecule has 0 saturated carbocycles. The maximum absolute atomic E-state index is 15.0. The Kier molecular flexibility index (Phi) is 6.65. The zero-order valence-electron chi connectivity index (χ0n) is 23.7. The zero-order valence-corrected chi connectivity index (χ0v) is 20.7. The van der Waals surface area contributed by atoms with Crippen LogP contribution in [0.3, 0.4) is 0 Å². The molecule has 37 heavy (non-hydrogen) atoms. The average Bonchev–Trinajstić information content (AvgIpc) is 2.94. The number of pyridine rings is 1. The van der Waals surface area contributed by atoms with E-state index in [1.807, 2.05) is 25.1 Å². The molecular weight excluding hydrogens is 475 g/mol. The second-order valence-electron chi connectivity index (χ2n) is 9.40. The number of halogens is 1. The number of nitrogens with zero attached hydrogens (tertiary/aromatic N) is 4. The molecule has 2 N–H and O–H groups in total. The van der Waals surface area contributed by atoms with Gasteiger partial charge in [0.15, 0.2) is 12.0 Å². The molecule has 1 fully saturated rings. The van der Waals surface area contributed by atoms with Gasteiger partial charge < -0.3 is 20.1 Å². The van der Waals surface area contributed by atoms with Crippen LogP contribution in [0.1, 0.15) is 36.1 Å². The fourth-order valence-corrected chi connectivity index (χ4v) is 4.65. The maximum Gasteiger partial charge on any atom is 0.237 e. The van der Waals surface area contributed by atoms with Crippen LogP contribution in [0.5, 0.6) is 5.75 Å². The lowest BCUT2D eigenvalue weighted by molar-refractivity contribution is -0.127. The van der Waals surface area contributed by atoms with Crippen molar-refractivity contribution in [1.29, 1.82) is 0 Å². The van der Waals surface area contributed by atoms with Crippen LogP contribution < -0.4 is 15.4 Å². The number of fused-ring (bicyclic) bond motifs is 3. The summed E-state index contributed by atoms with van der Waals surface area (Å²) in [4.78, 5) is 27.6. The molecule has 1 amide bonds. The van der Waals surface area contributed by atoms with Gasteiger partial charge in [0.05, 0.1) is 30.0 Å². The normalized spacial score (nSPS) is 24.2. The number of carbonyl (C=O) groups is 1. The van der Waals surface area contributed by atoms with Gasteiger partial charge in [-0.3, -0.25) is 14.7 Å². The van der Waals surface area contributed by atoms with E-state index < -0.39 is 25.1 Å². The first-order valence-electron chi connectivity index (χ1n) is 14.1. The van der Waals surface area contributed by atoms with Crippen molar-refractivity contribution in [3.05, 3.63) is 42.6 Å². The summed E-state index contributed by atoms with van der Waals surface area (Å²) in [5.41, 5.74) is 2.73. The Bertz CT molecular complexity index is 1340. The zero-order chi connectivity index (χ0) is 28.3. The number of nitrogens with one attached hydrogen (secondary N) is 2. The largest absolute Gasteiger partial charge is 0.489 e. The predicted molar refractivity (Wildman–Crippen MR) is 139 cm³/mol. The van der Waals surface area contributed by atoms with E-state index in [4.69, 9.17) is 13.6 Å². The Morgan fingerprint density at radius 1 is 1.27 bits per heavy atom. The van der Waals surface area contributed by atoms with Crippen LogP contribution in [-0.4, -0.2) is 77.3 Å². The molecule has 4 heterocycles. The van der Waals surface area contributed by atoms with Gasteiger partial charge in [0, 0.05) is 52.2 Å². The Labute approximate surface area is 220 Å². The number of alkyl halides is 1. The standard InChI is InChI=1S/C27H33FN6O3/c1-3-8-36-16-25-30-11-17(12-31-25)21-4-5-23-22-9-20(14-29-23)33-19-6-7-34(2)24(10-19)27(35)32-13-18(28)15-37-26(21)22/h4-5,9,11-12,14,18-19,24,33H,3,6-8,10,13,15-16H2,1-2H3,(H,32,35)/t18?,19-,24-/m0/s1/i2D3. The minimum Gasteiger partial charge on any atom is -0.489 e. The van der Waals surface area contributed by atoms with Crippen LogP contribution in [-0.2, 0) is 16.1 Å². The number of likely N-dealkylation sites (N-methyl/N-ethyl adjacent to an activating group) is 1. The van der Waals surface area contributed by atoms with E-state index >= 15 is 4.39 Å². The number of likely N-dealkylation sites (tertiary alicyclic amines) is 1. The second-order valence-corrected chi connectivity index (χ2v) is 9.40. The molecule has 0 spiro atoms. The van der Waals surface area contributed by atoms with Crippen LogP contribution in [0.4, 0.5) is 10.1 Å².